The van der Waals surface area contributed by atoms with Crippen molar-refractivity contribution in [2.24, 2.45) is 5.10 Å². The minimum Gasteiger partial charge on any atom is -0.318 e. The Morgan fingerprint density at radius 1 is 1.15 bits per heavy atom. The summed E-state index contributed by atoms with van der Waals surface area (Å²) in [5, 5.41) is 15.9. The SMILES string of the molecule is Cc1cc(/C=N/Nc2ccccc2[N+](=O)[O-])c(C)n1-c1ccc(Cl)cc1. The number of nitro groups is 1. The van der Waals surface area contributed by atoms with E-state index in [-0.39, 0.29) is 5.69 Å². The Morgan fingerprint density at radius 2 is 1.85 bits per heavy atom. The highest BCUT2D eigenvalue weighted by Gasteiger charge is 2.12. The zero-order valence-electron chi connectivity index (χ0n) is 14.3. The maximum Gasteiger partial charge on any atom is 0.294 e. The number of nitrogens with one attached hydrogen (secondary N) is 1. The lowest BCUT2D eigenvalue weighted by molar-refractivity contribution is -0.384. The Morgan fingerprint density at radius 3 is 2.54 bits per heavy atom. The Balaban J connectivity index is 1.85. The fourth-order valence-corrected chi connectivity index (χ4v) is 2.93. The van der Waals surface area contributed by atoms with Crippen LogP contribution in [-0.4, -0.2) is 15.7 Å². The minimum absolute atomic E-state index is 0.0173. The van der Waals surface area contributed by atoms with Crippen molar-refractivity contribution in [3.63, 3.8) is 0 Å². The summed E-state index contributed by atoms with van der Waals surface area (Å²) in [6.45, 7) is 4.00. The first-order chi connectivity index (χ1) is 12.5. The van der Waals surface area contributed by atoms with Gasteiger partial charge in [0.2, 0.25) is 0 Å². The van der Waals surface area contributed by atoms with Crippen LogP contribution < -0.4 is 5.43 Å². The van der Waals surface area contributed by atoms with Gasteiger partial charge in [-0.1, -0.05) is 23.7 Å². The maximum absolute atomic E-state index is 11.0. The van der Waals surface area contributed by atoms with Crippen LogP contribution >= 0.6 is 11.6 Å². The molecule has 0 saturated heterocycles. The number of hydrogen-bond donors (Lipinski definition) is 1. The highest BCUT2D eigenvalue weighted by Crippen LogP contribution is 2.24. The molecule has 0 atom stereocenters. The molecule has 0 bridgehead atoms. The quantitative estimate of drug-likeness (QED) is 0.386. The Bertz CT molecular complexity index is 978. The van der Waals surface area contributed by atoms with E-state index in [2.05, 4.69) is 15.1 Å². The van der Waals surface area contributed by atoms with Crippen molar-refractivity contribution in [2.75, 3.05) is 5.43 Å². The molecule has 1 aromatic heterocycles. The summed E-state index contributed by atoms with van der Waals surface area (Å²) in [6.07, 6.45) is 1.66. The third kappa shape index (κ3) is 3.60. The van der Waals surface area contributed by atoms with Gasteiger partial charge in [-0.05, 0) is 50.2 Å². The lowest BCUT2D eigenvalue weighted by atomic mass is 10.2. The molecule has 1 heterocycles. The number of benzene rings is 2. The van der Waals surface area contributed by atoms with E-state index in [0.29, 0.717) is 10.7 Å². The van der Waals surface area contributed by atoms with Gasteiger partial charge in [0.05, 0.1) is 11.1 Å². The van der Waals surface area contributed by atoms with Crippen molar-refractivity contribution in [3.05, 3.63) is 86.7 Å². The molecule has 0 saturated carbocycles. The zero-order valence-corrected chi connectivity index (χ0v) is 15.1. The molecule has 0 aliphatic rings. The monoisotopic (exact) mass is 368 g/mol. The first-order valence-corrected chi connectivity index (χ1v) is 8.32. The van der Waals surface area contributed by atoms with Gasteiger partial charge in [-0.25, -0.2) is 0 Å². The Labute approximate surface area is 155 Å². The molecule has 132 valence electrons. The summed E-state index contributed by atoms with van der Waals surface area (Å²) < 4.78 is 2.10. The summed E-state index contributed by atoms with van der Waals surface area (Å²) in [6, 6.07) is 16.0. The molecule has 3 rings (SSSR count). The summed E-state index contributed by atoms with van der Waals surface area (Å²) in [7, 11) is 0. The second kappa shape index (κ2) is 7.41. The van der Waals surface area contributed by atoms with E-state index in [1.54, 1.807) is 24.4 Å². The van der Waals surface area contributed by atoms with E-state index in [9.17, 15) is 10.1 Å². The van der Waals surface area contributed by atoms with Gasteiger partial charge in [-0.15, -0.1) is 0 Å². The number of aromatic nitrogens is 1. The van der Waals surface area contributed by atoms with Gasteiger partial charge < -0.3 is 4.57 Å². The average Bonchev–Trinajstić information content (AvgIpc) is 2.90. The van der Waals surface area contributed by atoms with Crippen LogP contribution in [0.4, 0.5) is 11.4 Å². The summed E-state index contributed by atoms with van der Waals surface area (Å²) in [4.78, 5) is 10.6. The van der Waals surface area contributed by atoms with E-state index in [1.165, 1.54) is 6.07 Å². The molecule has 26 heavy (non-hydrogen) atoms. The van der Waals surface area contributed by atoms with Gasteiger partial charge in [0.25, 0.3) is 5.69 Å². The molecular formula is C19H17ClN4O2. The van der Waals surface area contributed by atoms with Crippen LogP contribution in [0.15, 0.2) is 59.7 Å². The lowest BCUT2D eigenvalue weighted by Crippen LogP contribution is -2.00. The molecule has 7 heteroatoms. The normalized spacial score (nSPS) is 11.0. The molecule has 0 spiro atoms. The standard InChI is InChI=1S/C19H17ClN4O2/c1-13-11-15(14(2)23(13)17-9-7-16(20)8-10-17)12-21-22-18-5-3-4-6-19(18)24(25)26/h3-12,22H,1-2H3/b21-12+. The second-order valence-corrected chi connectivity index (χ2v) is 6.22. The molecule has 0 aliphatic heterocycles. The molecule has 0 unspecified atom stereocenters. The number of nitro benzene ring substituents is 1. The highest BCUT2D eigenvalue weighted by molar-refractivity contribution is 6.30. The molecule has 3 aromatic rings. The van der Waals surface area contributed by atoms with Gasteiger partial charge in [0.1, 0.15) is 5.69 Å². The fourth-order valence-electron chi connectivity index (χ4n) is 2.80. The number of aryl methyl sites for hydroxylation is 1. The lowest BCUT2D eigenvalue weighted by Gasteiger charge is -2.09. The van der Waals surface area contributed by atoms with Crippen molar-refractivity contribution >= 4 is 29.2 Å². The number of anilines is 1. The summed E-state index contributed by atoms with van der Waals surface area (Å²) in [5.41, 5.74) is 7.07. The molecule has 0 radical (unpaired) electrons. The van der Waals surface area contributed by atoms with E-state index in [0.717, 1.165) is 22.6 Å². The smallest absolute Gasteiger partial charge is 0.294 e. The van der Waals surface area contributed by atoms with Crippen LogP contribution in [0, 0.1) is 24.0 Å². The van der Waals surface area contributed by atoms with E-state index in [1.807, 2.05) is 44.2 Å². The molecular weight excluding hydrogens is 352 g/mol. The van der Waals surface area contributed by atoms with E-state index in [4.69, 9.17) is 11.6 Å². The number of hydrazone groups is 1. The van der Waals surface area contributed by atoms with Crippen LogP contribution in [-0.2, 0) is 0 Å². The van der Waals surface area contributed by atoms with Crippen molar-refractivity contribution in [2.45, 2.75) is 13.8 Å². The number of halogens is 1. The summed E-state index contributed by atoms with van der Waals surface area (Å²) >= 11 is 5.96. The first kappa shape index (κ1) is 17.7. The second-order valence-electron chi connectivity index (χ2n) is 5.78. The minimum atomic E-state index is -0.440. The van der Waals surface area contributed by atoms with E-state index < -0.39 is 4.92 Å². The molecule has 0 fully saturated rings. The third-order valence-electron chi connectivity index (χ3n) is 4.04. The van der Waals surface area contributed by atoms with Crippen LogP contribution in [0.5, 0.6) is 0 Å². The number of nitrogens with zero attached hydrogens (tertiary/aromatic N) is 3. The molecule has 0 amide bonds. The van der Waals surface area contributed by atoms with Crippen molar-refractivity contribution < 1.29 is 4.92 Å². The van der Waals surface area contributed by atoms with Crippen molar-refractivity contribution in [1.29, 1.82) is 0 Å². The van der Waals surface area contributed by atoms with Crippen LogP contribution in [0.1, 0.15) is 17.0 Å². The molecule has 2 aromatic carbocycles. The largest absolute Gasteiger partial charge is 0.318 e. The number of hydrogen-bond acceptors (Lipinski definition) is 4. The zero-order chi connectivity index (χ0) is 18.7. The first-order valence-electron chi connectivity index (χ1n) is 7.95. The van der Waals surface area contributed by atoms with Gasteiger partial charge in [-0.3, -0.25) is 15.5 Å². The van der Waals surface area contributed by atoms with Crippen LogP contribution in [0.25, 0.3) is 5.69 Å². The molecule has 0 aliphatic carbocycles. The number of rotatable bonds is 5. The number of para-hydroxylation sites is 2. The molecule has 1 N–H and O–H groups in total. The van der Waals surface area contributed by atoms with Gasteiger partial charge in [-0.2, -0.15) is 5.10 Å². The van der Waals surface area contributed by atoms with E-state index >= 15 is 0 Å². The van der Waals surface area contributed by atoms with Crippen LogP contribution in [0.2, 0.25) is 5.02 Å². The predicted molar refractivity (Wildman–Crippen MR) is 105 cm³/mol. The van der Waals surface area contributed by atoms with Gasteiger partial charge in [0, 0.05) is 33.7 Å². The highest BCUT2D eigenvalue weighted by atomic mass is 35.5. The average molecular weight is 369 g/mol. The van der Waals surface area contributed by atoms with Gasteiger partial charge >= 0.3 is 0 Å². The fraction of sp³-hybridized carbons (Fsp3) is 0.105. The third-order valence-corrected chi connectivity index (χ3v) is 4.30. The maximum atomic E-state index is 11.0. The predicted octanol–water partition coefficient (Wildman–Crippen LogP) is 5.10. The van der Waals surface area contributed by atoms with Crippen LogP contribution in [0.3, 0.4) is 0 Å². The topological polar surface area (TPSA) is 72.5 Å². The van der Waals surface area contributed by atoms with Crippen molar-refractivity contribution in [3.8, 4) is 5.69 Å². The Kier molecular flexibility index (Phi) is 5.04. The van der Waals surface area contributed by atoms with Crippen molar-refractivity contribution in [1.82, 2.24) is 4.57 Å². The molecule has 6 nitrogen and oxygen atoms in total. The Hall–Kier alpha value is -3.12. The van der Waals surface area contributed by atoms with Gasteiger partial charge in [0.15, 0.2) is 0 Å². The summed E-state index contributed by atoms with van der Waals surface area (Å²) in [5.74, 6) is 0.